The maximum atomic E-state index is 12.5. The molecule has 0 bridgehead atoms. The molecule has 2 saturated carbocycles. The van der Waals surface area contributed by atoms with Crippen molar-refractivity contribution in [1.29, 1.82) is 0 Å². The van der Waals surface area contributed by atoms with E-state index in [-0.39, 0.29) is 24.7 Å². The largest absolute Gasteiger partial charge is 0.481 e. The first-order valence-electron chi connectivity index (χ1n) is 11.8. The number of aryl methyl sites for hydroxylation is 2. The van der Waals surface area contributed by atoms with Gasteiger partial charge >= 0.3 is 12.1 Å². The second-order valence-corrected chi connectivity index (χ2v) is 9.33. The van der Waals surface area contributed by atoms with Crippen LogP contribution in [0.15, 0.2) is 6.20 Å². The molecule has 34 heavy (non-hydrogen) atoms. The average Bonchev–Trinajstić information content (AvgIpc) is 3.55. The van der Waals surface area contributed by atoms with E-state index < -0.39 is 5.97 Å². The molecule has 0 aliphatic heterocycles. The molecule has 4 rings (SSSR count). The van der Waals surface area contributed by atoms with Crippen molar-refractivity contribution in [2.75, 3.05) is 13.6 Å². The van der Waals surface area contributed by atoms with Crippen LogP contribution in [0.25, 0.3) is 11.4 Å². The molecule has 184 valence electrons. The van der Waals surface area contributed by atoms with Crippen molar-refractivity contribution in [2.24, 2.45) is 18.9 Å². The van der Waals surface area contributed by atoms with Crippen LogP contribution in [-0.2, 0) is 23.2 Å². The number of ether oxygens (including phenoxy) is 2. The molecule has 0 saturated heterocycles. The van der Waals surface area contributed by atoms with Gasteiger partial charge in [-0.05, 0) is 44.9 Å². The van der Waals surface area contributed by atoms with Gasteiger partial charge in [-0.2, -0.15) is 0 Å². The highest BCUT2D eigenvalue weighted by atomic mass is 16.6. The zero-order chi connectivity index (χ0) is 24.2. The lowest BCUT2D eigenvalue weighted by atomic mass is 10.1. The lowest BCUT2D eigenvalue weighted by molar-refractivity contribution is -0.141. The summed E-state index contributed by atoms with van der Waals surface area (Å²) in [5.74, 6) is -0.237. The summed E-state index contributed by atoms with van der Waals surface area (Å²) in [5, 5.41) is 17.4. The normalized spacial score (nSPS) is 20.4. The molecule has 2 aromatic rings. The third-order valence-electron chi connectivity index (χ3n) is 6.75. The Morgan fingerprint density at radius 1 is 1.24 bits per heavy atom. The molecule has 0 spiro atoms. The van der Waals surface area contributed by atoms with E-state index >= 15 is 0 Å². The number of aromatic nitrogens is 5. The van der Waals surface area contributed by atoms with Gasteiger partial charge in [-0.1, -0.05) is 18.1 Å². The summed E-state index contributed by atoms with van der Waals surface area (Å²) >= 11 is 0. The van der Waals surface area contributed by atoms with Gasteiger partial charge in [-0.25, -0.2) is 19.4 Å². The Morgan fingerprint density at radius 2 is 2.00 bits per heavy atom. The second kappa shape index (κ2) is 10.4. The molecule has 2 heterocycles. The van der Waals surface area contributed by atoms with E-state index in [2.05, 4.69) is 20.3 Å². The SMILES string of the molecule is Cc1nc(-c2nnn(C)c2COC(=O)N(C)CC2CCCC2)cnc1OC1CC[C@H](C(=O)O)C1. The van der Waals surface area contributed by atoms with E-state index in [1.165, 1.54) is 12.8 Å². The van der Waals surface area contributed by atoms with Gasteiger partial charge in [0.2, 0.25) is 5.88 Å². The molecule has 1 N–H and O–H groups in total. The lowest BCUT2D eigenvalue weighted by Crippen LogP contribution is -2.31. The van der Waals surface area contributed by atoms with Crippen molar-refractivity contribution >= 4 is 12.1 Å². The number of nitrogens with zero attached hydrogens (tertiary/aromatic N) is 6. The number of hydrogen-bond donors (Lipinski definition) is 1. The topological polar surface area (TPSA) is 133 Å². The standard InChI is InChI=1S/C23H32N6O5/c1-14-21(34-17-9-8-16(10-17)22(30)31)24-11-18(25-14)20-19(29(3)27-26-20)13-33-23(32)28(2)12-15-6-4-5-7-15/h11,15-17H,4-10,12-13H2,1-3H3,(H,30,31)/t16-,17?/m0/s1. The van der Waals surface area contributed by atoms with Crippen LogP contribution < -0.4 is 4.74 Å². The maximum absolute atomic E-state index is 12.5. The van der Waals surface area contributed by atoms with Crippen LogP contribution in [0.1, 0.15) is 56.3 Å². The highest BCUT2D eigenvalue weighted by molar-refractivity contribution is 5.70. The Balaban J connectivity index is 1.39. The van der Waals surface area contributed by atoms with Crippen LogP contribution in [0, 0.1) is 18.8 Å². The summed E-state index contributed by atoms with van der Waals surface area (Å²) in [6, 6.07) is 0. The molecule has 2 atom stereocenters. The minimum absolute atomic E-state index is 0.0182. The minimum Gasteiger partial charge on any atom is -0.481 e. The van der Waals surface area contributed by atoms with Crippen LogP contribution in [-0.4, -0.2) is 66.7 Å². The summed E-state index contributed by atoms with van der Waals surface area (Å²) in [4.78, 5) is 34.3. The van der Waals surface area contributed by atoms with Gasteiger partial charge in [0.1, 0.15) is 35.5 Å². The molecule has 1 unspecified atom stereocenters. The van der Waals surface area contributed by atoms with E-state index in [4.69, 9.17) is 9.47 Å². The van der Waals surface area contributed by atoms with Crippen LogP contribution in [0.5, 0.6) is 5.88 Å². The number of carbonyl (C=O) groups is 2. The quantitative estimate of drug-likeness (QED) is 0.615. The van der Waals surface area contributed by atoms with E-state index in [0.717, 1.165) is 12.8 Å². The van der Waals surface area contributed by atoms with Crippen LogP contribution in [0.2, 0.25) is 0 Å². The summed E-state index contributed by atoms with van der Waals surface area (Å²) < 4.78 is 13.0. The van der Waals surface area contributed by atoms with Crippen LogP contribution >= 0.6 is 0 Å². The minimum atomic E-state index is -0.787. The molecule has 2 fully saturated rings. The Hall–Kier alpha value is -3.24. The van der Waals surface area contributed by atoms with Gasteiger partial charge in [0.15, 0.2) is 0 Å². The van der Waals surface area contributed by atoms with E-state index in [0.29, 0.717) is 60.4 Å². The Kier molecular flexibility index (Phi) is 7.28. The molecular weight excluding hydrogens is 440 g/mol. The highest BCUT2D eigenvalue weighted by Gasteiger charge is 2.31. The zero-order valence-corrected chi connectivity index (χ0v) is 19.9. The van der Waals surface area contributed by atoms with Crippen molar-refractivity contribution < 1.29 is 24.2 Å². The van der Waals surface area contributed by atoms with Gasteiger partial charge < -0.3 is 19.5 Å². The van der Waals surface area contributed by atoms with Crippen LogP contribution in [0.4, 0.5) is 4.79 Å². The van der Waals surface area contributed by atoms with Crippen molar-refractivity contribution in [3.63, 3.8) is 0 Å². The number of carbonyl (C=O) groups excluding carboxylic acids is 1. The zero-order valence-electron chi connectivity index (χ0n) is 19.9. The van der Waals surface area contributed by atoms with E-state index in [1.807, 2.05) is 0 Å². The lowest BCUT2D eigenvalue weighted by Gasteiger charge is -2.20. The first-order valence-corrected chi connectivity index (χ1v) is 11.8. The summed E-state index contributed by atoms with van der Waals surface area (Å²) in [6.45, 7) is 2.50. The number of amides is 1. The Bertz CT molecular complexity index is 1030. The Morgan fingerprint density at radius 3 is 2.68 bits per heavy atom. The number of rotatable bonds is 8. The predicted octanol–water partition coefficient (Wildman–Crippen LogP) is 2.97. The van der Waals surface area contributed by atoms with Crippen molar-refractivity contribution in [2.45, 2.75) is 64.6 Å². The number of carboxylic acid groups (broad SMARTS) is 1. The molecule has 0 aromatic carbocycles. The fourth-order valence-electron chi connectivity index (χ4n) is 4.76. The monoisotopic (exact) mass is 472 g/mol. The van der Waals surface area contributed by atoms with Gasteiger partial charge in [0.05, 0.1) is 12.1 Å². The van der Waals surface area contributed by atoms with Crippen LogP contribution in [0.3, 0.4) is 0 Å². The van der Waals surface area contributed by atoms with Crippen molar-refractivity contribution in [1.82, 2.24) is 29.9 Å². The van der Waals surface area contributed by atoms with E-state index in [1.54, 1.807) is 36.8 Å². The summed E-state index contributed by atoms with van der Waals surface area (Å²) in [6.07, 6.45) is 7.50. The van der Waals surface area contributed by atoms with Gasteiger partial charge in [-0.3, -0.25) is 4.79 Å². The molecule has 2 aliphatic rings. The molecule has 0 radical (unpaired) electrons. The maximum Gasteiger partial charge on any atom is 0.409 e. The third-order valence-corrected chi connectivity index (χ3v) is 6.75. The highest BCUT2D eigenvalue weighted by Crippen LogP contribution is 2.30. The first-order chi connectivity index (χ1) is 16.3. The molecule has 11 heteroatoms. The molecule has 2 aromatic heterocycles. The van der Waals surface area contributed by atoms with Gasteiger partial charge in [0, 0.05) is 20.6 Å². The third kappa shape index (κ3) is 5.45. The smallest absolute Gasteiger partial charge is 0.409 e. The number of aliphatic carboxylic acids is 1. The number of hydrogen-bond acceptors (Lipinski definition) is 8. The molecule has 11 nitrogen and oxygen atoms in total. The second-order valence-electron chi connectivity index (χ2n) is 9.33. The number of carboxylic acids is 1. The van der Waals surface area contributed by atoms with Crippen molar-refractivity contribution in [3.05, 3.63) is 17.6 Å². The van der Waals surface area contributed by atoms with Crippen molar-refractivity contribution in [3.8, 4) is 17.3 Å². The molecule has 1 amide bonds. The fraction of sp³-hybridized carbons (Fsp3) is 0.652. The molecule has 2 aliphatic carbocycles. The van der Waals surface area contributed by atoms with Gasteiger partial charge in [-0.15, -0.1) is 5.10 Å². The fourth-order valence-corrected chi connectivity index (χ4v) is 4.76. The summed E-state index contributed by atoms with van der Waals surface area (Å²) in [7, 11) is 3.50. The van der Waals surface area contributed by atoms with E-state index in [9.17, 15) is 14.7 Å². The van der Waals surface area contributed by atoms with Gasteiger partial charge in [0.25, 0.3) is 0 Å². The molecular formula is C23H32N6O5. The first kappa shape index (κ1) is 23.9. The summed E-state index contributed by atoms with van der Waals surface area (Å²) in [5.41, 5.74) is 2.17. The predicted molar refractivity (Wildman–Crippen MR) is 121 cm³/mol. The average molecular weight is 473 g/mol. The Labute approximate surface area is 198 Å².